The molecule has 4 rings (SSSR count). The number of aromatic nitrogens is 1. The predicted molar refractivity (Wildman–Crippen MR) is 91.3 cm³/mol. The molecule has 0 aliphatic carbocycles. The minimum atomic E-state index is -0.308. The Morgan fingerprint density at radius 3 is 2.20 bits per heavy atom. The number of fused-ring (bicyclic) bond motifs is 1. The van der Waals surface area contributed by atoms with Gasteiger partial charge in [0.2, 0.25) is 5.89 Å². The quantitative estimate of drug-likeness (QED) is 0.687. The summed E-state index contributed by atoms with van der Waals surface area (Å²) >= 11 is 0. The molecule has 0 N–H and O–H groups in total. The van der Waals surface area contributed by atoms with E-state index in [0.717, 1.165) is 11.1 Å². The monoisotopic (exact) mass is 332 g/mol. The maximum absolute atomic E-state index is 12.7. The Labute approximate surface area is 144 Å². The number of oxazole rings is 1. The van der Waals surface area contributed by atoms with E-state index in [-0.39, 0.29) is 24.3 Å². The molecule has 5 heteroatoms. The van der Waals surface area contributed by atoms with Gasteiger partial charge >= 0.3 is 0 Å². The van der Waals surface area contributed by atoms with Crippen LogP contribution in [0.2, 0.25) is 0 Å². The molecule has 0 spiro atoms. The van der Waals surface area contributed by atoms with Gasteiger partial charge in [-0.1, -0.05) is 42.0 Å². The lowest BCUT2D eigenvalue weighted by Crippen LogP contribution is -2.34. The van der Waals surface area contributed by atoms with Crippen LogP contribution in [0.15, 0.2) is 65.4 Å². The van der Waals surface area contributed by atoms with Gasteiger partial charge in [-0.3, -0.25) is 14.5 Å². The van der Waals surface area contributed by atoms with Gasteiger partial charge in [0.15, 0.2) is 0 Å². The Kier molecular flexibility index (Phi) is 3.69. The summed E-state index contributed by atoms with van der Waals surface area (Å²) in [7, 11) is 0. The second-order valence-electron chi connectivity index (χ2n) is 6.10. The molecule has 2 aromatic carbocycles. The number of carbonyl (C=O) groups is 2. The van der Waals surface area contributed by atoms with Gasteiger partial charge in [0.25, 0.3) is 11.8 Å². The average molecular weight is 332 g/mol. The lowest BCUT2D eigenvalue weighted by molar-refractivity contribution is 0.0646. The molecule has 5 nitrogen and oxygen atoms in total. The van der Waals surface area contributed by atoms with Gasteiger partial charge in [-0.05, 0) is 24.6 Å². The Morgan fingerprint density at radius 2 is 1.64 bits per heavy atom. The Balaban J connectivity index is 1.70. The molecule has 0 saturated heterocycles. The Bertz CT molecular complexity index is 895. The normalized spacial score (nSPS) is 14.7. The van der Waals surface area contributed by atoms with E-state index in [1.165, 1.54) is 11.2 Å². The maximum Gasteiger partial charge on any atom is 0.261 e. The van der Waals surface area contributed by atoms with Gasteiger partial charge in [-0.25, -0.2) is 4.98 Å². The van der Waals surface area contributed by atoms with Gasteiger partial charge in [-0.2, -0.15) is 0 Å². The largest absolute Gasteiger partial charge is 0.448 e. The first-order valence-electron chi connectivity index (χ1n) is 8.06. The molecule has 1 aliphatic rings. The Morgan fingerprint density at radius 1 is 1.00 bits per heavy atom. The first-order chi connectivity index (χ1) is 12.1. The van der Waals surface area contributed by atoms with E-state index in [2.05, 4.69) is 4.98 Å². The molecule has 0 bridgehead atoms. The van der Waals surface area contributed by atoms with Crippen LogP contribution in [0.5, 0.6) is 0 Å². The third-order valence-electron chi connectivity index (χ3n) is 4.47. The van der Waals surface area contributed by atoms with Crippen molar-refractivity contribution < 1.29 is 14.0 Å². The van der Waals surface area contributed by atoms with Crippen molar-refractivity contribution in [1.82, 2.24) is 9.88 Å². The van der Waals surface area contributed by atoms with E-state index < -0.39 is 0 Å². The van der Waals surface area contributed by atoms with Crippen molar-refractivity contribution in [3.05, 3.63) is 89.1 Å². The zero-order valence-corrected chi connectivity index (χ0v) is 13.7. The van der Waals surface area contributed by atoms with E-state index in [9.17, 15) is 9.59 Å². The fourth-order valence-electron chi connectivity index (χ4n) is 3.12. The number of imide groups is 1. The molecular weight excluding hydrogens is 316 g/mol. The fraction of sp³-hybridized carbons (Fsp3) is 0.150. The minimum Gasteiger partial charge on any atom is -0.448 e. The maximum atomic E-state index is 12.7. The van der Waals surface area contributed by atoms with E-state index in [0.29, 0.717) is 17.0 Å². The van der Waals surface area contributed by atoms with Crippen LogP contribution >= 0.6 is 0 Å². The van der Waals surface area contributed by atoms with Crippen molar-refractivity contribution in [2.45, 2.75) is 12.8 Å². The van der Waals surface area contributed by atoms with Gasteiger partial charge < -0.3 is 4.42 Å². The van der Waals surface area contributed by atoms with Crippen molar-refractivity contribution in [3.63, 3.8) is 0 Å². The van der Waals surface area contributed by atoms with E-state index in [1.54, 1.807) is 30.5 Å². The average Bonchev–Trinajstić information content (AvgIpc) is 3.24. The molecule has 1 aromatic heterocycles. The summed E-state index contributed by atoms with van der Waals surface area (Å²) in [6, 6.07) is 14.8. The number of nitrogens with zero attached hydrogens (tertiary/aromatic N) is 2. The lowest BCUT2D eigenvalue weighted by atomic mass is 9.97. The second kappa shape index (κ2) is 6.02. The summed E-state index contributed by atoms with van der Waals surface area (Å²) in [4.78, 5) is 30.8. The molecule has 0 fully saturated rings. The standard InChI is InChI=1S/C20H16N2O3/c1-13-6-8-14(9-7-13)17(18-21-10-11-25-18)12-22-19(23)15-4-2-3-5-16(15)20(22)24/h2-11,17H,12H2,1H3. The van der Waals surface area contributed by atoms with Crippen LogP contribution in [-0.2, 0) is 0 Å². The number of hydrogen-bond acceptors (Lipinski definition) is 4. The molecule has 0 saturated carbocycles. The third-order valence-corrected chi connectivity index (χ3v) is 4.47. The van der Waals surface area contributed by atoms with E-state index in [1.807, 2.05) is 31.2 Å². The first-order valence-corrected chi connectivity index (χ1v) is 8.06. The molecule has 1 unspecified atom stereocenters. The van der Waals surface area contributed by atoms with Crippen molar-refractivity contribution in [2.24, 2.45) is 0 Å². The Hall–Kier alpha value is -3.21. The van der Waals surface area contributed by atoms with Crippen LogP contribution < -0.4 is 0 Å². The number of aryl methyl sites for hydroxylation is 1. The van der Waals surface area contributed by atoms with E-state index in [4.69, 9.17) is 4.42 Å². The lowest BCUT2D eigenvalue weighted by Gasteiger charge is -2.21. The number of carbonyl (C=O) groups excluding carboxylic acids is 2. The highest BCUT2D eigenvalue weighted by Gasteiger charge is 2.37. The summed E-state index contributed by atoms with van der Waals surface area (Å²) in [5, 5.41) is 0. The summed E-state index contributed by atoms with van der Waals surface area (Å²) < 4.78 is 5.48. The van der Waals surface area contributed by atoms with Crippen LogP contribution in [0, 0.1) is 6.92 Å². The molecule has 2 amide bonds. The predicted octanol–water partition coefficient (Wildman–Crippen LogP) is 3.41. The highest BCUT2D eigenvalue weighted by Crippen LogP contribution is 2.29. The number of hydrogen-bond donors (Lipinski definition) is 0. The molecule has 2 heterocycles. The number of amides is 2. The SMILES string of the molecule is Cc1ccc(C(CN2C(=O)c3ccccc3C2=O)c2ncco2)cc1. The van der Waals surface area contributed by atoms with Gasteiger partial charge in [-0.15, -0.1) is 0 Å². The topological polar surface area (TPSA) is 63.4 Å². The van der Waals surface area contributed by atoms with Crippen LogP contribution in [-0.4, -0.2) is 28.2 Å². The van der Waals surface area contributed by atoms with Crippen molar-refractivity contribution in [2.75, 3.05) is 6.54 Å². The van der Waals surface area contributed by atoms with Crippen molar-refractivity contribution in [1.29, 1.82) is 0 Å². The van der Waals surface area contributed by atoms with Crippen LogP contribution in [0.1, 0.15) is 43.7 Å². The zero-order chi connectivity index (χ0) is 17.4. The molecule has 0 radical (unpaired) electrons. The highest BCUT2D eigenvalue weighted by atomic mass is 16.3. The second-order valence-corrected chi connectivity index (χ2v) is 6.10. The summed E-state index contributed by atoms with van der Waals surface area (Å²) in [6.45, 7) is 2.20. The van der Waals surface area contributed by atoms with E-state index >= 15 is 0 Å². The number of benzene rings is 2. The molecular formula is C20H16N2O3. The minimum absolute atomic E-state index is 0.190. The van der Waals surface area contributed by atoms with Crippen LogP contribution in [0.4, 0.5) is 0 Å². The summed E-state index contributed by atoms with van der Waals surface area (Å²) in [5.41, 5.74) is 2.98. The molecule has 1 aliphatic heterocycles. The molecule has 3 aromatic rings. The van der Waals surface area contributed by atoms with Gasteiger partial charge in [0.1, 0.15) is 6.26 Å². The molecule has 1 atom stereocenters. The fourth-order valence-corrected chi connectivity index (χ4v) is 3.12. The molecule has 124 valence electrons. The van der Waals surface area contributed by atoms with Crippen molar-refractivity contribution in [3.8, 4) is 0 Å². The zero-order valence-electron chi connectivity index (χ0n) is 13.7. The van der Waals surface area contributed by atoms with Gasteiger partial charge in [0, 0.05) is 6.54 Å². The van der Waals surface area contributed by atoms with Crippen LogP contribution in [0.25, 0.3) is 0 Å². The van der Waals surface area contributed by atoms with Gasteiger partial charge in [0.05, 0.1) is 23.2 Å². The third kappa shape index (κ3) is 2.63. The number of rotatable bonds is 4. The summed E-state index contributed by atoms with van der Waals surface area (Å²) in [6.07, 6.45) is 3.07. The summed E-state index contributed by atoms with van der Waals surface area (Å²) in [5.74, 6) is -0.369. The molecule has 25 heavy (non-hydrogen) atoms. The van der Waals surface area contributed by atoms with Crippen LogP contribution in [0.3, 0.4) is 0 Å². The highest BCUT2D eigenvalue weighted by molar-refractivity contribution is 6.21. The van der Waals surface area contributed by atoms with Crippen molar-refractivity contribution >= 4 is 11.8 Å². The first kappa shape index (κ1) is 15.3. The smallest absolute Gasteiger partial charge is 0.261 e.